The zero-order chi connectivity index (χ0) is 17.9. The van der Waals surface area contributed by atoms with E-state index in [0.717, 1.165) is 15.6 Å². The van der Waals surface area contributed by atoms with Crippen LogP contribution in [-0.4, -0.2) is 34.0 Å². The molecular formula is C17H20BrNO4S. The molecule has 130 valence electrons. The fraction of sp³-hybridized carbons (Fsp3) is 0.294. The molecule has 2 rings (SSSR count). The van der Waals surface area contributed by atoms with Crippen molar-refractivity contribution in [1.29, 1.82) is 0 Å². The largest absolute Gasteiger partial charge is 0.493 e. The normalized spacial score (nSPS) is 11.6. The van der Waals surface area contributed by atoms with E-state index in [9.17, 15) is 8.42 Å². The van der Waals surface area contributed by atoms with Gasteiger partial charge in [-0.2, -0.15) is 4.31 Å². The molecule has 0 amide bonds. The molecule has 24 heavy (non-hydrogen) atoms. The van der Waals surface area contributed by atoms with Gasteiger partial charge in [0, 0.05) is 18.1 Å². The summed E-state index contributed by atoms with van der Waals surface area (Å²) in [5, 5.41) is 0. The molecule has 0 spiro atoms. The van der Waals surface area contributed by atoms with E-state index >= 15 is 0 Å². The van der Waals surface area contributed by atoms with Crippen LogP contribution in [0.5, 0.6) is 11.5 Å². The van der Waals surface area contributed by atoms with E-state index in [1.165, 1.54) is 4.31 Å². The topological polar surface area (TPSA) is 55.8 Å². The molecule has 0 atom stereocenters. The van der Waals surface area contributed by atoms with Crippen LogP contribution in [0.4, 0.5) is 0 Å². The first kappa shape index (κ1) is 18.8. The van der Waals surface area contributed by atoms with Crippen LogP contribution in [0.2, 0.25) is 0 Å². The first-order chi connectivity index (χ1) is 11.3. The minimum Gasteiger partial charge on any atom is -0.493 e. The maximum atomic E-state index is 12.7. The van der Waals surface area contributed by atoms with Gasteiger partial charge in [-0.1, -0.05) is 15.9 Å². The zero-order valence-corrected chi connectivity index (χ0v) is 16.4. The third-order valence-electron chi connectivity index (χ3n) is 3.76. The van der Waals surface area contributed by atoms with Crippen molar-refractivity contribution in [2.75, 3.05) is 21.3 Å². The molecule has 2 aromatic carbocycles. The molecule has 0 radical (unpaired) electrons. The lowest BCUT2D eigenvalue weighted by Crippen LogP contribution is -2.26. The minimum atomic E-state index is -3.57. The Hall–Kier alpha value is -1.57. The van der Waals surface area contributed by atoms with Gasteiger partial charge in [0.15, 0.2) is 11.5 Å². The van der Waals surface area contributed by atoms with Crippen LogP contribution in [0, 0.1) is 6.92 Å². The second kappa shape index (κ2) is 7.55. The van der Waals surface area contributed by atoms with Gasteiger partial charge in [0.1, 0.15) is 0 Å². The monoisotopic (exact) mass is 413 g/mol. The Kier molecular flexibility index (Phi) is 5.90. The first-order valence-corrected chi connectivity index (χ1v) is 9.46. The molecular weight excluding hydrogens is 394 g/mol. The second-order valence-corrected chi connectivity index (χ2v) is 8.31. The molecule has 0 aromatic heterocycles. The molecule has 0 saturated heterocycles. The molecule has 0 aliphatic carbocycles. The SMILES string of the molecule is COc1cc(C)c(CN(C)S(=O)(=O)c2ccc(Br)cc2)cc1OC. The highest BCUT2D eigenvalue weighted by atomic mass is 79.9. The summed E-state index contributed by atoms with van der Waals surface area (Å²) in [7, 11) is 1.12. The number of methoxy groups -OCH3 is 2. The average Bonchev–Trinajstić information content (AvgIpc) is 2.56. The maximum Gasteiger partial charge on any atom is 0.243 e. The van der Waals surface area contributed by atoms with Crippen molar-refractivity contribution < 1.29 is 17.9 Å². The molecule has 0 saturated carbocycles. The summed E-state index contributed by atoms with van der Waals surface area (Å²) in [6.45, 7) is 2.15. The van der Waals surface area contributed by atoms with Gasteiger partial charge in [0.05, 0.1) is 19.1 Å². The number of hydrogen-bond acceptors (Lipinski definition) is 4. The van der Waals surface area contributed by atoms with Gasteiger partial charge in [-0.05, 0) is 54.4 Å². The van der Waals surface area contributed by atoms with Gasteiger partial charge in [-0.3, -0.25) is 0 Å². The summed E-state index contributed by atoms with van der Waals surface area (Å²) in [5.41, 5.74) is 1.79. The Labute approximate surface area is 151 Å². The molecule has 0 aliphatic heterocycles. The van der Waals surface area contributed by atoms with Crippen LogP contribution >= 0.6 is 15.9 Å². The molecule has 5 nitrogen and oxygen atoms in total. The molecule has 7 heteroatoms. The molecule has 0 heterocycles. The minimum absolute atomic E-state index is 0.241. The number of sulfonamides is 1. The quantitative estimate of drug-likeness (QED) is 0.725. The van der Waals surface area contributed by atoms with Crippen LogP contribution in [-0.2, 0) is 16.6 Å². The van der Waals surface area contributed by atoms with Gasteiger partial charge < -0.3 is 9.47 Å². The predicted molar refractivity (Wildman–Crippen MR) is 97.1 cm³/mol. The fourth-order valence-electron chi connectivity index (χ4n) is 2.30. The molecule has 0 bridgehead atoms. The van der Waals surface area contributed by atoms with Crippen molar-refractivity contribution in [3.8, 4) is 11.5 Å². The maximum absolute atomic E-state index is 12.7. The third kappa shape index (κ3) is 3.91. The smallest absolute Gasteiger partial charge is 0.243 e. The lowest BCUT2D eigenvalue weighted by atomic mass is 10.1. The van der Waals surface area contributed by atoms with E-state index < -0.39 is 10.0 Å². The van der Waals surface area contributed by atoms with Crippen molar-refractivity contribution in [3.05, 3.63) is 52.0 Å². The highest BCUT2D eigenvalue weighted by Crippen LogP contribution is 2.31. The lowest BCUT2D eigenvalue weighted by Gasteiger charge is -2.20. The Morgan fingerprint density at radius 2 is 1.58 bits per heavy atom. The number of nitrogens with zero attached hydrogens (tertiary/aromatic N) is 1. The standard InChI is InChI=1S/C17H20BrNO4S/c1-12-9-16(22-3)17(23-4)10-13(12)11-19(2)24(20,21)15-7-5-14(18)6-8-15/h5-10H,11H2,1-4H3. The van der Waals surface area contributed by atoms with Crippen molar-refractivity contribution in [2.24, 2.45) is 0 Å². The number of halogens is 1. The number of benzene rings is 2. The summed E-state index contributed by atoms with van der Waals surface area (Å²) in [4.78, 5) is 0.256. The van der Waals surface area contributed by atoms with Crippen LogP contribution in [0.25, 0.3) is 0 Å². The summed E-state index contributed by atoms with van der Waals surface area (Å²) < 4.78 is 38.1. The molecule has 0 fully saturated rings. The van der Waals surface area contributed by atoms with Crippen LogP contribution in [0.3, 0.4) is 0 Å². The van der Waals surface area contributed by atoms with E-state index in [-0.39, 0.29) is 11.4 Å². The van der Waals surface area contributed by atoms with Gasteiger partial charge in [0.2, 0.25) is 10.0 Å². The average molecular weight is 414 g/mol. The fourth-order valence-corrected chi connectivity index (χ4v) is 3.72. The Morgan fingerprint density at radius 1 is 1.04 bits per heavy atom. The van der Waals surface area contributed by atoms with E-state index in [2.05, 4.69) is 15.9 Å². The van der Waals surface area contributed by atoms with Gasteiger partial charge in [-0.25, -0.2) is 8.42 Å². The lowest BCUT2D eigenvalue weighted by molar-refractivity contribution is 0.353. The zero-order valence-electron chi connectivity index (χ0n) is 14.0. The van der Waals surface area contributed by atoms with E-state index in [1.807, 2.05) is 19.1 Å². The van der Waals surface area contributed by atoms with E-state index in [4.69, 9.17) is 9.47 Å². The second-order valence-electron chi connectivity index (χ2n) is 5.35. The van der Waals surface area contributed by atoms with Crippen molar-refractivity contribution in [1.82, 2.24) is 4.31 Å². The molecule has 0 N–H and O–H groups in total. The van der Waals surface area contributed by atoms with E-state index in [1.54, 1.807) is 45.5 Å². The highest BCUT2D eigenvalue weighted by molar-refractivity contribution is 9.10. The van der Waals surface area contributed by atoms with E-state index in [0.29, 0.717) is 11.5 Å². The number of hydrogen-bond donors (Lipinski definition) is 0. The van der Waals surface area contributed by atoms with Crippen LogP contribution in [0.1, 0.15) is 11.1 Å². The summed E-state index contributed by atoms with van der Waals surface area (Å²) in [6, 6.07) is 10.2. The molecule has 2 aromatic rings. The molecule has 0 unspecified atom stereocenters. The third-order valence-corrected chi connectivity index (χ3v) is 6.10. The van der Waals surface area contributed by atoms with Gasteiger partial charge in [0.25, 0.3) is 0 Å². The number of ether oxygens (including phenoxy) is 2. The Bertz CT molecular complexity index is 819. The van der Waals surface area contributed by atoms with Gasteiger partial charge >= 0.3 is 0 Å². The van der Waals surface area contributed by atoms with Crippen molar-refractivity contribution in [2.45, 2.75) is 18.4 Å². The van der Waals surface area contributed by atoms with Gasteiger partial charge in [-0.15, -0.1) is 0 Å². The number of rotatable bonds is 6. The summed E-state index contributed by atoms with van der Waals surface area (Å²) in [5.74, 6) is 1.20. The Morgan fingerprint density at radius 3 is 2.12 bits per heavy atom. The Balaban J connectivity index is 2.32. The summed E-state index contributed by atoms with van der Waals surface area (Å²) >= 11 is 3.31. The predicted octanol–water partition coefficient (Wildman–Crippen LogP) is 3.60. The first-order valence-electron chi connectivity index (χ1n) is 7.23. The highest BCUT2D eigenvalue weighted by Gasteiger charge is 2.22. The van der Waals surface area contributed by atoms with Crippen LogP contribution in [0.15, 0.2) is 45.8 Å². The van der Waals surface area contributed by atoms with Crippen molar-refractivity contribution in [3.63, 3.8) is 0 Å². The van der Waals surface area contributed by atoms with Crippen molar-refractivity contribution >= 4 is 26.0 Å². The molecule has 0 aliphatic rings. The summed E-state index contributed by atoms with van der Waals surface area (Å²) in [6.07, 6.45) is 0. The van der Waals surface area contributed by atoms with Crippen LogP contribution < -0.4 is 9.47 Å². The number of aryl methyl sites for hydroxylation is 1.